The van der Waals surface area contributed by atoms with Crippen molar-refractivity contribution in [3.8, 4) is 5.75 Å². The first kappa shape index (κ1) is 22.8. The molecule has 0 unspecified atom stereocenters. The topological polar surface area (TPSA) is 144 Å². The van der Waals surface area contributed by atoms with Gasteiger partial charge < -0.3 is 15.3 Å². The number of aliphatic carboxylic acids is 2. The Hall–Kier alpha value is -3.50. The van der Waals surface area contributed by atoms with Crippen molar-refractivity contribution in [3.63, 3.8) is 0 Å². The van der Waals surface area contributed by atoms with E-state index in [9.17, 15) is 35.0 Å². The molecule has 0 atom stereocenters. The minimum absolute atomic E-state index is 0.0357. The molecule has 2 aromatic rings. The Morgan fingerprint density at radius 1 is 0.900 bits per heavy atom. The maximum atomic E-state index is 11.3. The second-order valence-corrected chi connectivity index (χ2v) is 6.76. The molecule has 0 aliphatic carbocycles. The maximum absolute atomic E-state index is 11.3. The summed E-state index contributed by atoms with van der Waals surface area (Å²) in [6.07, 6.45) is 0. The lowest BCUT2D eigenvalue weighted by atomic mass is 10.1. The quantitative estimate of drug-likeness (QED) is 0.347. The highest BCUT2D eigenvalue weighted by molar-refractivity contribution is 5.69. The molecule has 0 aliphatic heterocycles. The highest BCUT2D eigenvalue weighted by atomic mass is 16.6. The van der Waals surface area contributed by atoms with Gasteiger partial charge in [0.05, 0.1) is 18.0 Å². The lowest BCUT2D eigenvalue weighted by Gasteiger charge is -2.26. The molecular weight excluding hydrogens is 394 g/mol. The van der Waals surface area contributed by atoms with Gasteiger partial charge in [0, 0.05) is 43.9 Å². The Morgan fingerprint density at radius 3 is 2.00 bits per heavy atom. The van der Waals surface area contributed by atoms with Crippen molar-refractivity contribution in [2.24, 2.45) is 0 Å². The molecule has 0 amide bonds. The summed E-state index contributed by atoms with van der Waals surface area (Å²) in [4.78, 5) is 36.0. The van der Waals surface area contributed by atoms with Gasteiger partial charge in [-0.1, -0.05) is 30.3 Å². The predicted molar refractivity (Wildman–Crippen MR) is 107 cm³/mol. The molecule has 0 saturated carbocycles. The zero-order chi connectivity index (χ0) is 22.1. The van der Waals surface area contributed by atoms with E-state index >= 15 is 0 Å². The van der Waals surface area contributed by atoms with Crippen molar-refractivity contribution >= 4 is 17.6 Å². The van der Waals surface area contributed by atoms with Crippen LogP contribution in [-0.4, -0.2) is 68.2 Å². The number of nitro groups is 1. The molecule has 30 heavy (non-hydrogen) atoms. The number of aromatic hydroxyl groups is 1. The number of nitro benzene ring substituents is 1. The fourth-order valence-corrected chi connectivity index (χ4v) is 2.99. The predicted octanol–water partition coefficient (Wildman–Crippen LogP) is 1.77. The van der Waals surface area contributed by atoms with Crippen molar-refractivity contribution in [2.45, 2.75) is 13.1 Å². The average Bonchev–Trinajstić information content (AvgIpc) is 2.67. The van der Waals surface area contributed by atoms with Crippen LogP contribution in [0.3, 0.4) is 0 Å². The second-order valence-electron chi connectivity index (χ2n) is 6.76. The monoisotopic (exact) mass is 417 g/mol. The van der Waals surface area contributed by atoms with E-state index in [-0.39, 0.29) is 49.7 Å². The van der Waals surface area contributed by atoms with Gasteiger partial charge in [-0.2, -0.15) is 0 Å². The third-order valence-corrected chi connectivity index (χ3v) is 4.37. The summed E-state index contributed by atoms with van der Waals surface area (Å²) >= 11 is 0. The Bertz CT molecular complexity index is 889. The van der Waals surface area contributed by atoms with Gasteiger partial charge in [-0.3, -0.25) is 29.5 Å². The average molecular weight is 417 g/mol. The first-order valence-corrected chi connectivity index (χ1v) is 9.13. The number of nitrogens with zero attached hydrogens (tertiary/aromatic N) is 3. The normalized spacial score (nSPS) is 11.0. The Labute approximate surface area is 172 Å². The molecule has 160 valence electrons. The van der Waals surface area contributed by atoms with Crippen LogP contribution >= 0.6 is 0 Å². The van der Waals surface area contributed by atoms with Crippen LogP contribution in [0.4, 0.5) is 5.69 Å². The van der Waals surface area contributed by atoms with Crippen LogP contribution in [0.2, 0.25) is 0 Å². The Morgan fingerprint density at radius 2 is 1.47 bits per heavy atom. The van der Waals surface area contributed by atoms with Gasteiger partial charge in [0.2, 0.25) is 0 Å². The summed E-state index contributed by atoms with van der Waals surface area (Å²) in [7, 11) is 0. The van der Waals surface area contributed by atoms with Gasteiger partial charge in [-0.25, -0.2) is 0 Å². The van der Waals surface area contributed by atoms with Crippen molar-refractivity contribution in [1.82, 2.24) is 9.80 Å². The number of carbonyl (C=O) groups is 2. The fourth-order valence-electron chi connectivity index (χ4n) is 2.99. The van der Waals surface area contributed by atoms with Crippen LogP contribution in [-0.2, 0) is 22.7 Å². The van der Waals surface area contributed by atoms with Crippen molar-refractivity contribution < 1.29 is 29.8 Å². The largest absolute Gasteiger partial charge is 0.508 e. The van der Waals surface area contributed by atoms with E-state index in [1.165, 1.54) is 17.0 Å². The third-order valence-electron chi connectivity index (χ3n) is 4.37. The zero-order valence-corrected chi connectivity index (χ0v) is 16.2. The smallest absolute Gasteiger partial charge is 0.317 e. The number of carboxylic acid groups (broad SMARTS) is 2. The van der Waals surface area contributed by atoms with Crippen LogP contribution < -0.4 is 0 Å². The van der Waals surface area contributed by atoms with E-state index in [1.54, 1.807) is 4.90 Å². The number of carboxylic acids is 2. The lowest BCUT2D eigenvalue weighted by molar-refractivity contribution is -0.385. The fraction of sp³-hybridized carbons (Fsp3) is 0.300. The SMILES string of the molecule is O=C(O)CN(CCN(CC(=O)O)Cc1cc([N+](=O)[O-])ccc1O)Cc1ccccc1. The molecule has 0 aromatic heterocycles. The summed E-state index contributed by atoms with van der Waals surface area (Å²) in [6, 6.07) is 12.8. The van der Waals surface area contributed by atoms with Gasteiger partial charge >= 0.3 is 11.9 Å². The molecule has 2 aromatic carbocycles. The first-order chi connectivity index (χ1) is 14.2. The summed E-state index contributed by atoms with van der Waals surface area (Å²) < 4.78 is 0. The van der Waals surface area contributed by atoms with Crippen LogP contribution in [0.5, 0.6) is 5.75 Å². The highest BCUT2D eigenvalue weighted by Crippen LogP contribution is 2.24. The highest BCUT2D eigenvalue weighted by Gasteiger charge is 2.18. The van der Waals surface area contributed by atoms with E-state index in [2.05, 4.69) is 0 Å². The zero-order valence-electron chi connectivity index (χ0n) is 16.2. The van der Waals surface area contributed by atoms with E-state index in [0.717, 1.165) is 11.6 Å². The lowest BCUT2D eigenvalue weighted by Crippen LogP contribution is -2.39. The molecule has 0 aliphatic rings. The van der Waals surface area contributed by atoms with Gasteiger partial charge in [-0.05, 0) is 11.6 Å². The van der Waals surface area contributed by atoms with Crippen molar-refractivity contribution in [2.75, 3.05) is 26.2 Å². The van der Waals surface area contributed by atoms with E-state index in [4.69, 9.17) is 0 Å². The van der Waals surface area contributed by atoms with E-state index in [0.29, 0.717) is 6.54 Å². The Kier molecular flexibility index (Phi) is 8.27. The molecule has 0 saturated heterocycles. The van der Waals surface area contributed by atoms with Crippen molar-refractivity contribution in [1.29, 1.82) is 0 Å². The van der Waals surface area contributed by atoms with E-state index < -0.39 is 16.9 Å². The number of hydrogen-bond donors (Lipinski definition) is 3. The number of non-ortho nitro benzene ring substituents is 1. The molecule has 0 bridgehead atoms. The van der Waals surface area contributed by atoms with E-state index in [1.807, 2.05) is 30.3 Å². The van der Waals surface area contributed by atoms with Gasteiger partial charge in [0.1, 0.15) is 5.75 Å². The summed E-state index contributed by atoms with van der Waals surface area (Å²) in [5.41, 5.74) is 0.924. The standard InChI is InChI=1S/C20H23N3O7/c24-18-7-6-17(23(29)30)10-16(18)12-22(14-20(27)28)9-8-21(13-19(25)26)11-15-4-2-1-3-5-15/h1-7,10,24H,8-9,11-14H2,(H,25,26)(H,27,28). The van der Waals surface area contributed by atoms with Gasteiger partial charge in [-0.15, -0.1) is 0 Å². The van der Waals surface area contributed by atoms with Gasteiger partial charge in [0.15, 0.2) is 0 Å². The molecule has 0 spiro atoms. The van der Waals surface area contributed by atoms with Crippen LogP contribution in [0.1, 0.15) is 11.1 Å². The summed E-state index contributed by atoms with van der Waals surface area (Å²) in [5.74, 6) is -2.29. The first-order valence-electron chi connectivity index (χ1n) is 9.13. The number of phenols is 1. The molecule has 10 nitrogen and oxygen atoms in total. The molecular formula is C20H23N3O7. The molecule has 0 heterocycles. The summed E-state index contributed by atoms with van der Waals surface area (Å²) in [6.45, 7) is 0.188. The number of phenolic OH excluding ortho intramolecular Hbond substituents is 1. The minimum Gasteiger partial charge on any atom is -0.508 e. The molecule has 3 N–H and O–H groups in total. The van der Waals surface area contributed by atoms with Crippen LogP contribution in [0, 0.1) is 10.1 Å². The van der Waals surface area contributed by atoms with Crippen LogP contribution in [0.15, 0.2) is 48.5 Å². The molecule has 0 fully saturated rings. The Balaban J connectivity index is 2.12. The second kappa shape index (κ2) is 10.9. The van der Waals surface area contributed by atoms with Gasteiger partial charge in [0.25, 0.3) is 5.69 Å². The molecule has 10 heteroatoms. The number of rotatable bonds is 12. The van der Waals surface area contributed by atoms with Crippen molar-refractivity contribution in [3.05, 3.63) is 69.8 Å². The van der Waals surface area contributed by atoms with Crippen LogP contribution in [0.25, 0.3) is 0 Å². The maximum Gasteiger partial charge on any atom is 0.317 e. The minimum atomic E-state index is -1.10. The number of hydrogen-bond acceptors (Lipinski definition) is 7. The number of benzene rings is 2. The summed E-state index contributed by atoms with van der Waals surface area (Å²) in [5, 5.41) is 39.4. The molecule has 0 radical (unpaired) electrons. The third kappa shape index (κ3) is 7.49. The molecule has 2 rings (SSSR count).